The van der Waals surface area contributed by atoms with Crippen LogP contribution < -0.4 is 4.74 Å². The van der Waals surface area contributed by atoms with E-state index in [1.165, 1.54) is 12.1 Å². The predicted molar refractivity (Wildman–Crippen MR) is 118 cm³/mol. The molecule has 4 aromatic rings. The van der Waals surface area contributed by atoms with Crippen molar-refractivity contribution in [3.63, 3.8) is 0 Å². The lowest BCUT2D eigenvalue weighted by Crippen LogP contribution is -2.07. The number of carboxylic acid groups (broad SMARTS) is 1. The van der Waals surface area contributed by atoms with Gasteiger partial charge in [0, 0.05) is 25.5 Å². The fourth-order valence-corrected chi connectivity index (χ4v) is 3.50. The van der Waals surface area contributed by atoms with Crippen molar-refractivity contribution in [1.29, 1.82) is 0 Å². The van der Waals surface area contributed by atoms with E-state index in [-0.39, 0.29) is 5.56 Å². The van der Waals surface area contributed by atoms with Gasteiger partial charge in [0.25, 0.3) is 0 Å². The summed E-state index contributed by atoms with van der Waals surface area (Å²) in [6.07, 6.45) is 2.53. The summed E-state index contributed by atoms with van der Waals surface area (Å²) < 4.78 is 11.3. The number of ether oxygens (including phenoxy) is 2. The Bertz CT molecular complexity index is 1170. The lowest BCUT2D eigenvalue weighted by molar-refractivity contribution is 0.0697. The van der Waals surface area contributed by atoms with Gasteiger partial charge in [-0.25, -0.2) is 14.8 Å². The quantitative estimate of drug-likeness (QED) is 0.421. The van der Waals surface area contributed by atoms with Crippen LogP contribution in [0.5, 0.6) is 11.5 Å². The standard InChI is InChI=1S/C24H23N3O4/c1-15(14-30-2)10-16-11-18(22-26-21-4-3-9-25-23(21)27-22)13-20(12-16)31-19-7-5-17(6-8-19)24(28)29/h3-9,11-13,15H,10,14H2,1-2H3,(H,28,29)(H,25,26,27). The fraction of sp³-hybridized carbons (Fsp3) is 0.208. The first-order chi connectivity index (χ1) is 15.0. The van der Waals surface area contributed by atoms with Gasteiger partial charge in [-0.15, -0.1) is 0 Å². The van der Waals surface area contributed by atoms with E-state index in [0.29, 0.717) is 35.5 Å². The van der Waals surface area contributed by atoms with Crippen LogP contribution in [0, 0.1) is 5.92 Å². The Kier molecular flexibility index (Phi) is 5.95. The number of imidazole rings is 1. The number of carbonyl (C=O) groups is 1. The molecular formula is C24H23N3O4. The van der Waals surface area contributed by atoms with Crippen molar-refractivity contribution >= 4 is 17.1 Å². The lowest BCUT2D eigenvalue weighted by Gasteiger charge is -2.14. The molecule has 2 N–H and O–H groups in total. The zero-order valence-corrected chi connectivity index (χ0v) is 17.3. The first kappa shape index (κ1) is 20.6. The van der Waals surface area contributed by atoms with Crippen LogP contribution in [0.25, 0.3) is 22.6 Å². The molecular weight excluding hydrogens is 394 g/mol. The number of methoxy groups -OCH3 is 1. The van der Waals surface area contributed by atoms with E-state index in [9.17, 15) is 4.79 Å². The summed E-state index contributed by atoms with van der Waals surface area (Å²) in [5, 5.41) is 9.09. The van der Waals surface area contributed by atoms with E-state index < -0.39 is 5.97 Å². The summed E-state index contributed by atoms with van der Waals surface area (Å²) in [5.41, 5.74) is 3.71. The Morgan fingerprint density at radius 2 is 1.94 bits per heavy atom. The molecule has 2 heterocycles. The smallest absolute Gasteiger partial charge is 0.335 e. The number of fused-ring (bicyclic) bond motifs is 1. The van der Waals surface area contributed by atoms with Gasteiger partial charge in [0.1, 0.15) is 17.3 Å². The molecule has 1 atom stereocenters. The Morgan fingerprint density at radius 3 is 2.65 bits per heavy atom. The second-order valence-corrected chi connectivity index (χ2v) is 7.52. The van der Waals surface area contributed by atoms with Gasteiger partial charge in [-0.05, 0) is 72.5 Å². The number of aromatic nitrogens is 3. The van der Waals surface area contributed by atoms with E-state index >= 15 is 0 Å². The van der Waals surface area contributed by atoms with Crippen LogP contribution >= 0.6 is 0 Å². The number of H-pyrrole nitrogens is 1. The third-order valence-electron chi connectivity index (χ3n) is 4.87. The third kappa shape index (κ3) is 4.90. The zero-order chi connectivity index (χ0) is 21.8. The summed E-state index contributed by atoms with van der Waals surface area (Å²) in [6, 6.07) is 16.1. The molecule has 0 spiro atoms. The van der Waals surface area contributed by atoms with Crippen LogP contribution in [0.2, 0.25) is 0 Å². The third-order valence-corrected chi connectivity index (χ3v) is 4.87. The minimum absolute atomic E-state index is 0.213. The highest BCUT2D eigenvalue weighted by molar-refractivity contribution is 5.87. The van der Waals surface area contributed by atoms with Gasteiger partial charge in [-0.1, -0.05) is 6.92 Å². The maximum Gasteiger partial charge on any atom is 0.335 e. The van der Waals surface area contributed by atoms with Crippen molar-refractivity contribution in [2.75, 3.05) is 13.7 Å². The number of pyridine rings is 1. The van der Waals surface area contributed by atoms with Crippen molar-refractivity contribution in [3.8, 4) is 22.9 Å². The maximum absolute atomic E-state index is 11.1. The molecule has 2 aromatic heterocycles. The van der Waals surface area contributed by atoms with Gasteiger partial charge in [0.15, 0.2) is 5.65 Å². The number of nitrogens with zero attached hydrogens (tertiary/aromatic N) is 2. The van der Waals surface area contributed by atoms with Gasteiger partial charge >= 0.3 is 5.97 Å². The number of hydrogen-bond acceptors (Lipinski definition) is 5. The minimum Gasteiger partial charge on any atom is -0.478 e. The van der Waals surface area contributed by atoms with Crippen LogP contribution in [0.15, 0.2) is 60.8 Å². The largest absolute Gasteiger partial charge is 0.478 e. The van der Waals surface area contributed by atoms with Gasteiger partial charge in [-0.2, -0.15) is 0 Å². The molecule has 0 aliphatic rings. The normalized spacial score (nSPS) is 12.1. The van der Waals surface area contributed by atoms with Crippen LogP contribution in [0.1, 0.15) is 22.8 Å². The van der Waals surface area contributed by atoms with Crippen LogP contribution in [0.3, 0.4) is 0 Å². The summed E-state index contributed by atoms with van der Waals surface area (Å²) in [7, 11) is 1.70. The Balaban J connectivity index is 1.69. The summed E-state index contributed by atoms with van der Waals surface area (Å²) in [4.78, 5) is 23.3. The van der Waals surface area contributed by atoms with E-state index in [4.69, 9.17) is 14.6 Å². The van der Waals surface area contributed by atoms with Gasteiger partial charge in [0.05, 0.1) is 11.1 Å². The molecule has 2 aromatic carbocycles. The Labute approximate surface area is 179 Å². The summed E-state index contributed by atoms with van der Waals surface area (Å²) in [6.45, 7) is 2.79. The van der Waals surface area contributed by atoms with E-state index in [2.05, 4.69) is 27.9 Å². The van der Waals surface area contributed by atoms with Gasteiger partial charge < -0.3 is 19.6 Å². The van der Waals surface area contributed by atoms with Crippen molar-refractivity contribution in [1.82, 2.24) is 15.0 Å². The number of aromatic amines is 1. The van der Waals surface area contributed by atoms with E-state index in [1.807, 2.05) is 24.3 Å². The minimum atomic E-state index is -0.971. The highest BCUT2D eigenvalue weighted by atomic mass is 16.5. The molecule has 31 heavy (non-hydrogen) atoms. The topological polar surface area (TPSA) is 97.3 Å². The average molecular weight is 417 g/mol. The first-order valence-corrected chi connectivity index (χ1v) is 9.97. The first-order valence-electron chi connectivity index (χ1n) is 9.97. The number of carboxylic acids is 1. The Hall–Kier alpha value is -3.71. The number of rotatable bonds is 8. The molecule has 4 rings (SSSR count). The Morgan fingerprint density at radius 1 is 1.13 bits per heavy atom. The molecule has 0 fully saturated rings. The molecule has 0 aliphatic heterocycles. The highest BCUT2D eigenvalue weighted by Crippen LogP contribution is 2.30. The zero-order valence-electron chi connectivity index (χ0n) is 17.3. The molecule has 0 bridgehead atoms. The number of nitrogens with one attached hydrogen (secondary N) is 1. The SMILES string of the molecule is COCC(C)Cc1cc(Oc2ccc(C(=O)O)cc2)cc(-c2nc3ncccc3[nH]2)c1. The van der Waals surface area contributed by atoms with Crippen LogP contribution in [0.4, 0.5) is 0 Å². The van der Waals surface area contributed by atoms with E-state index in [1.54, 1.807) is 25.4 Å². The fourth-order valence-electron chi connectivity index (χ4n) is 3.50. The van der Waals surface area contributed by atoms with Crippen molar-refractivity contribution in [2.45, 2.75) is 13.3 Å². The summed E-state index contributed by atoms with van der Waals surface area (Å²) in [5.74, 6) is 1.28. The van der Waals surface area contributed by atoms with E-state index in [0.717, 1.165) is 23.1 Å². The van der Waals surface area contributed by atoms with Gasteiger partial charge in [-0.3, -0.25) is 0 Å². The second kappa shape index (κ2) is 8.97. The predicted octanol–water partition coefficient (Wildman–Crippen LogP) is 4.94. The molecule has 0 amide bonds. The number of hydrogen-bond donors (Lipinski definition) is 2. The molecule has 1 unspecified atom stereocenters. The molecule has 0 radical (unpaired) electrons. The van der Waals surface area contributed by atoms with Crippen LogP contribution in [-0.4, -0.2) is 39.7 Å². The maximum atomic E-state index is 11.1. The number of aromatic carboxylic acids is 1. The van der Waals surface area contributed by atoms with Crippen molar-refractivity contribution in [2.24, 2.45) is 5.92 Å². The average Bonchev–Trinajstić information content (AvgIpc) is 3.18. The molecule has 7 nitrogen and oxygen atoms in total. The van der Waals surface area contributed by atoms with Gasteiger partial charge in [0.2, 0.25) is 0 Å². The van der Waals surface area contributed by atoms with Crippen LogP contribution in [-0.2, 0) is 11.2 Å². The van der Waals surface area contributed by atoms with Crippen molar-refractivity contribution < 1.29 is 19.4 Å². The molecule has 0 saturated heterocycles. The molecule has 158 valence electrons. The number of benzene rings is 2. The second-order valence-electron chi connectivity index (χ2n) is 7.52. The highest BCUT2D eigenvalue weighted by Gasteiger charge is 2.12. The summed E-state index contributed by atoms with van der Waals surface area (Å²) >= 11 is 0. The molecule has 7 heteroatoms. The monoisotopic (exact) mass is 417 g/mol. The van der Waals surface area contributed by atoms with Crippen molar-refractivity contribution in [3.05, 3.63) is 71.9 Å². The molecule has 0 aliphatic carbocycles. The molecule has 0 saturated carbocycles. The lowest BCUT2D eigenvalue weighted by atomic mass is 9.99.